The van der Waals surface area contributed by atoms with Crippen molar-refractivity contribution in [3.63, 3.8) is 0 Å². The van der Waals surface area contributed by atoms with Crippen molar-refractivity contribution in [1.29, 1.82) is 0 Å². The molecule has 2 heterocycles. The monoisotopic (exact) mass is 433 g/mol. The first kappa shape index (κ1) is 19.4. The minimum atomic E-state index is -3.39. The summed E-state index contributed by atoms with van der Waals surface area (Å²) in [5.41, 5.74) is 3.59. The molecule has 0 bridgehead atoms. The zero-order valence-corrected chi connectivity index (χ0v) is 17.7. The van der Waals surface area contributed by atoms with Crippen LogP contribution in [0, 0.1) is 6.92 Å². The predicted octanol–water partition coefficient (Wildman–Crippen LogP) is 5.30. The highest BCUT2D eigenvalue weighted by Crippen LogP contribution is 2.30. The Labute approximate surface area is 174 Å². The van der Waals surface area contributed by atoms with E-state index in [9.17, 15) is 8.42 Å². The molecular formula is C20H20ClN3O2S2. The van der Waals surface area contributed by atoms with Crippen LogP contribution in [0.15, 0.2) is 52.7 Å². The molecule has 1 aliphatic rings. The Morgan fingerprint density at radius 2 is 1.82 bits per heavy atom. The number of thiazole rings is 1. The number of hydrogen-bond acceptors (Lipinski definition) is 5. The molecule has 0 amide bonds. The largest absolute Gasteiger partial charge is 0.331 e. The van der Waals surface area contributed by atoms with Gasteiger partial charge < -0.3 is 5.32 Å². The van der Waals surface area contributed by atoms with Crippen molar-refractivity contribution < 1.29 is 8.42 Å². The van der Waals surface area contributed by atoms with E-state index in [4.69, 9.17) is 11.6 Å². The lowest BCUT2D eigenvalue weighted by atomic mass is 10.2. The van der Waals surface area contributed by atoms with Gasteiger partial charge in [0, 0.05) is 34.7 Å². The molecule has 0 radical (unpaired) electrons. The number of halogens is 1. The van der Waals surface area contributed by atoms with Crippen LogP contribution in [0.25, 0.3) is 11.3 Å². The van der Waals surface area contributed by atoms with Crippen LogP contribution >= 0.6 is 22.9 Å². The van der Waals surface area contributed by atoms with Gasteiger partial charge in [-0.3, -0.25) is 0 Å². The molecule has 8 heteroatoms. The summed E-state index contributed by atoms with van der Waals surface area (Å²) < 4.78 is 26.8. The number of aromatic nitrogens is 1. The van der Waals surface area contributed by atoms with E-state index in [2.05, 4.69) is 10.3 Å². The van der Waals surface area contributed by atoms with E-state index in [1.807, 2.05) is 42.6 Å². The first-order chi connectivity index (χ1) is 13.4. The molecule has 0 aliphatic carbocycles. The summed E-state index contributed by atoms with van der Waals surface area (Å²) in [7, 11) is -3.39. The van der Waals surface area contributed by atoms with Crippen LogP contribution in [0.2, 0.25) is 5.02 Å². The summed E-state index contributed by atoms with van der Waals surface area (Å²) in [6.45, 7) is 3.17. The number of aryl methyl sites for hydroxylation is 1. The molecule has 1 N–H and O–H groups in total. The SMILES string of the molecule is Cc1ccc(Nc2nc(-c3ccc(S(=O)(=O)N4CCCC4)cc3)cs2)cc1Cl. The summed E-state index contributed by atoms with van der Waals surface area (Å²) in [5, 5.41) is 6.66. The van der Waals surface area contributed by atoms with Crippen LogP contribution in [0.1, 0.15) is 18.4 Å². The minimum Gasteiger partial charge on any atom is -0.331 e. The van der Waals surface area contributed by atoms with Gasteiger partial charge in [0.25, 0.3) is 0 Å². The van der Waals surface area contributed by atoms with Crippen molar-refractivity contribution in [3.05, 3.63) is 58.4 Å². The molecule has 1 fully saturated rings. The first-order valence-corrected chi connectivity index (χ1v) is 11.7. The Hall–Kier alpha value is -1.93. The molecule has 0 saturated carbocycles. The van der Waals surface area contributed by atoms with Crippen molar-refractivity contribution >= 4 is 43.8 Å². The van der Waals surface area contributed by atoms with E-state index < -0.39 is 10.0 Å². The van der Waals surface area contributed by atoms with Crippen LogP contribution in [-0.2, 0) is 10.0 Å². The van der Waals surface area contributed by atoms with Gasteiger partial charge in [-0.25, -0.2) is 13.4 Å². The molecule has 3 aromatic rings. The molecule has 2 aromatic carbocycles. The number of rotatable bonds is 5. The molecule has 28 heavy (non-hydrogen) atoms. The quantitative estimate of drug-likeness (QED) is 0.593. The van der Waals surface area contributed by atoms with Crippen LogP contribution < -0.4 is 5.32 Å². The van der Waals surface area contributed by atoms with Gasteiger partial charge in [0.05, 0.1) is 10.6 Å². The lowest BCUT2D eigenvalue weighted by molar-refractivity contribution is 0.477. The second-order valence-corrected chi connectivity index (χ2v) is 9.97. The predicted molar refractivity (Wildman–Crippen MR) is 115 cm³/mol. The Bertz CT molecular complexity index is 1090. The molecule has 0 unspecified atom stereocenters. The fraction of sp³-hybridized carbons (Fsp3) is 0.250. The average molecular weight is 434 g/mol. The van der Waals surface area contributed by atoms with Gasteiger partial charge in [-0.15, -0.1) is 11.3 Å². The van der Waals surface area contributed by atoms with Gasteiger partial charge in [-0.05, 0) is 49.6 Å². The molecule has 4 rings (SSSR count). The number of benzene rings is 2. The molecule has 0 atom stereocenters. The second kappa shape index (κ2) is 7.83. The topological polar surface area (TPSA) is 62.3 Å². The van der Waals surface area contributed by atoms with E-state index in [1.165, 1.54) is 11.3 Å². The molecule has 1 saturated heterocycles. The third-order valence-electron chi connectivity index (χ3n) is 4.78. The Morgan fingerprint density at radius 3 is 2.50 bits per heavy atom. The maximum Gasteiger partial charge on any atom is 0.243 e. The summed E-state index contributed by atoms with van der Waals surface area (Å²) in [4.78, 5) is 4.94. The summed E-state index contributed by atoms with van der Waals surface area (Å²) in [6, 6.07) is 12.7. The lowest BCUT2D eigenvalue weighted by Crippen LogP contribution is -2.27. The van der Waals surface area contributed by atoms with Crippen molar-refractivity contribution in [2.75, 3.05) is 18.4 Å². The molecule has 0 spiro atoms. The van der Waals surface area contributed by atoms with Gasteiger partial charge in [0.1, 0.15) is 0 Å². The van der Waals surface area contributed by atoms with Gasteiger partial charge in [-0.2, -0.15) is 4.31 Å². The van der Waals surface area contributed by atoms with E-state index in [0.717, 1.165) is 40.5 Å². The maximum atomic E-state index is 12.6. The Morgan fingerprint density at radius 1 is 1.11 bits per heavy atom. The highest BCUT2D eigenvalue weighted by Gasteiger charge is 2.27. The van der Waals surface area contributed by atoms with Gasteiger partial charge in [0.15, 0.2) is 5.13 Å². The average Bonchev–Trinajstić information content (AvgIpc) is 3.37. The van der Waals surface area contributed by atoms with Crippen molar-refractivity contribution in [3.8, 4) is 11.3 Å². The van der Waals surface area contributed by atoms with Crippen molar-refractivity contribution in [1.82, 2.24) is 9.29 Å². The van der Waals surface area contributed by atoms with Crippen molar-refractivity contribution in [2.45, 2.75) is 24.7 Å². The number of nitrogens with one attached hydrogen (secondary N) is 1. The molecule has 1 aromatic heterocycles. The van der Waals surface area contributed by atoms with Crippen LogP contribution in [-0.4, -0.2) is 30.8 Å². The van der Waals surface area contributed by atoms with E-state index >= 15 is 0 Å². The zero-order valence-electron chi connectivity index (χ0n) is 15.4. The second-order valence-electron chi connectivity index (χ2n) is 6.76. The Balaban J connectivity index is 1.51. The number of hydrogen-bond donors (Lipinski definition) is 1. The molecule has 5 nitrogen and oxygen atoms in total. The number of nitrogens with zero attached hydrogens (tertiary/aromatic N) is 2. The fourth-order valence-corrected chi connectivity index (χ4v) is 5.57. The molecule has 146 valence electrons. The third-order valence-corrected chi connectivity index (χ3v) is 7.86. The Kier molecular flexibility index (Phi) is 5.42. The standard InChI is InChI=1S/C20H20ClN3O2S2/c1-14-4-7-16(12-18(14)21)22-20-23-19(13-27-20)15-5-8-17(9-6-15)28(25,26)24-10-2-3-11-24/h4-9,12-13H,2-3,10-11H2,1H3,(H,22,23). The first-order valence-electron chi connectivity index (χ1n) is 9.03. The minimum absolute atomic E-state index is 0.334. The zero-order chi connectivity index (χ0) is 19.7. The molecule has 1 aliphatic heterocycles. The number of sulfonamides is 1. The highest BCUT2D eigenvalue weighted by atomic mass is 35.5. The smallest absolute Gasteiger partial charge is 0.243 e. The summed E-state index contributed by atoms with van der Waals surface area (Å²) >= 11 is 7.66. The summed E-state index contributed by atoms with van der Waals surface area (Å²) in [5.74, 6) is 0. The van der Waals surface area contributed by atoms with Crippen LogP contribution in [0.3, 0.4) is 0 Å². The number of anilines is 2. The van der Waals surface area contributed by atoms with E-state index in [0.29, 0.717) is 23.0 Å². The fourth-order valence-electron chi connectivity index (χ4n) is 3.13. The van der Waals surface area contributed by atoms with Gasteiger partial charge >= 0.3 is 0 Å². The van der Waals surface area contributed by atoms with E-state index in [1.54, 1.807) is 16.4 Å². The normalized spacial score (nSPS) is 15.1. The van der Waals surface area contributed by atoms with Crippen molar-refractivity contribution in [2.24, 2.45) is 0 Å². The van der Waals surface area contributed by atoms with Crippen LogP contribution in [0.5, 0.6) is 0 Å². The lowest BCUT2D eigenvalue weighted by Gasteiger charge is -2.15. The maximum absolute atomic E-state index is 12.6. The third kappa shape index (κ3) is 3.93. The van der Waals surface area contributed by atoms with E-state index in [-0.39, 0.29) is 0 Å². The molecular weight excluding hydrogens is 414 g/mol. The van der Waals surface area contributed by atoms with Gasteiger partial charge in [-0.1, -0.05) is 29.8 Å². The van der Waals surface area contributed by atoms with Crippen LogP contribution in [0.4, 0.5) is 10.8 Å². The van der Waals surface area contributed by atoms with Gasteiger partial charge in [0.2, 0.25) is 10.0 Å². The summed E-state index contributed by atoms with van der Waals surface area (Å²) in [6.07, 6.45) is 1.86. The highest BCUT2D eigenvalue weighted by molar-refractivity contribution is 7.89.